The first kappa shape index (κ1) is 52.8. The Kier molecular flexibility index (Phi) is 19.8. The molecule has 3 fully saturated rings. The van der Waals surface area contributed by atoms with Gasteiger partial charge in [-0.15, -0.1) is 0 Å². The zero-order valence-corrected chi connectivity index (χ0v) is 36.4. The van der Waals surface area contributed by atoms with Crippen molar-refractivity contribution in [1.82, 2.24) is 0 Å². The number of aliphatic hydroxyl groups excluding tert-OH is 1. The molecule has 0 spiro atoms. The number of rotatable bonds is 17. The van der Waals surface area contributed by atoms with Crippen LogP contribution in [-0.2, 0) is 119 Å². The van der Waals surface area contributed by atoms with E-state index in [2.05, 4.69) is 0 Å². The number of carbonyl (C=O) groups is 10. The SMILES string of the molecule is CC(=O)OCC1OC(O)C(OC(C)=O)C(OC2OC(COC(C)=O)C(OC(C)=O)C(OC3O[C@H](COC(C)=O)[C@@H](OC(C)=O)[C@H](OC(C)=O)[C@H]3OC(C)=O)C2OC(C)=O)C1OC(C)=O. The van der Waals surface area contributed by atoms with Crippen LogP contribution in [0.3, 0.4) is 0 Å². The van der Waals surface area contributed by atoms with Crippen molar-refractivity contribution in [1.29, 1.82) is 0 Å². The normalized spacial score (nSPS) is 32.3. The van der Waals surface area contributed by atoms with Gasteiger partial charge in [0.05, 0.1) is 0 Å². The summed E-state index contributed by atoms with van der Waals surface area (Å²) in [5, 5.41) is 11.1. The van der Waals surface area contributed by atoms with Crippen molar-refractivity contribution in [3.8, 4) is 0 Å². The summed E-state index contributed by atoms with van der Waals surface area (Å²) >= 11 is 0. The Morgan fingerprint density at radius 3 is 0.906 bits per heavy atom. The Morgan fingerprint density at radius 1 is 0.328 bits per heavy atom. The molecule has 3 aliphatic rings. The molecule has 11 unspecified atom stereocenters. The van der Waals surface area contributed by atoms with E-state index < -0.39 is 172 Å². The summed E-state index contributed by atoms with van der Waals surface area (Å²) in [7, 11) is 0. The highest BCUT2D eigenvalue weighted by molar-refractivity contribution is 5.70. The van der Waals surface area contributed by atoms with E-state index in [1.165, 1.54) is 0 Å². The van der Waals surface area contributed by atoms with Gasteiger partial charge in [-0.25, -0.2) is 0 Å². The second-order valence-corrected chi connectivity index (χ2v) is 14.3. The van der Waals surface area contributed by atoms with Crippen molar-refractivity contribution in [2.75, 3.05) is 19.8 Å². The Hall–Kier alpha value is -5.54. The molecule has 0 radical (unpaired) electrons. The van der Waals surface area contributed by atoms with Gasteiger partial charge in [0.2, 0.25) is 0 Å². The van der Waals surface area contributed by atoms with Crippen LogP contribution in [0.4, 0.5) is 0 Å². The molecule has 3 heterocycles. The molecule has 0 aromatic rings. The largest absolute Gasteiger partial charge is 0.463 e. The van der Waals surface area contributed by atoms with Crippen LogP contribution in [0.15, 0.2) is 0 Å². The van der Waals surface area contributed by atoms with Gasteiger partial charge in [0, 0.05) is 69.2 Å². The lowest BCUT2D eigenvalue weighted by Crippen LogP contribution is -2.69. The Bertz CT molecular complexity index is 1730. The van der Waals surface area contributed by atoms with Crippen molar-refractivity contribution in [3.05, 3.63) is 0 Å². The van der Waals surface area contributed by atoms with E-state index in [9.17, 15) is 53.1 Å². The molecule has 0 bridgehead atoms. The molecule has 0 aliphatic carbocycles. The van der Waals surface area contributed by atoms with Crippen LogP contribution in [0, 0.1) is 0 Å². The first-order chi connectivity index (χ1) is 29.9. The average molecular weight is 925 g/mol. The van der Waals surface area contributed by atoms with Gasteiger partial charge in [-0.2, -0.15) is 0 Å². The minimum atomic E-state index is -2.09. The third kappa shape index (κ3) is 15.6. The third-order valence-electron chi connectivity index (χ3n) is 8.84. The molecular weight excluding hydrogens is 872 g/mol. The minimum Gasteiger partial charge on any atom is -0.463 e. The average Bonchev–Trinajstić information content (AvgIpc) is 3.15. The highest BCUT2D eigenvalue weighted by atomic mass is 16.8. The number of hydrogen-bond donors (Lipinski definition) is 1. The van der Waals surface area contributed by atoms with Crippen molar-refractivity contribution >= 4 is 59.7 Å². The molecule has 64 heavy (non-hydrogen) atoms. The van der Waals surface area contributed by atoms with Crippen LogP contribution in [-0.4, -0.2) is 177 Å². The lowest BCUT2D eigenvalue weighted by Gasteiger charge is -2.50. The fraction of sp³-hybridized carbons (Fsp3) is 0.737. The first-order valence-electron chi connectivity index (χ1n) is 19.4. The molecule has 1 N–H and O–H groups in total. The Morgan fingerprint density at radius 2 is 0.578 bits per heavy atom. The molecule has 0 amide bonds. The third-order valence-corrected chi connectivity index (χ3v) is 8.84. The van der Waals surface area contributed by atoms with Gasteiger partial charge < -0.3 is 76.2 Å². The van der Waals surface area contributed by atoms with Gasteiger partial charge in [0.25, 0.3) is 0 Å². The molecule has 3 rings (SSSR count). The number of carbonyl (C=O) groups excluding carboxylic acids is 10. The second-order valence-electron chi connectivity index (χ2n) is 14.3. The number of ether oxygens (including phenoxy) is 15. The van der Waals surface area contributed by atoms with Crippen molar-refractivity contribution in [2.24, 2.45) is 0 Å². The summed E-state index contributed by atoms with van der Waals surface area (Å²) in [5.41, 5.74) is 0. The van der Waals surface area contributed by atoms with E-state index in [0.717, 1.165) is 69.2 Å². The van der Waals surface area contributed by atoms with Crippen LogP contribution >= 0.6 is 0 Å². The van der Waals surface area contributed by atoms with E-state index >= 15 is 0 Å². The molecule has 0 aromatic heterocycles. The van der Waals surface area contributed by atoms with Crippen LogP contribution < -0.4 is 0 Å². The summed E-state index contributed by atoms with van der Waals surface area (Å²) in [5.74, 6) is -9.66. The predicted molar refractivity (Wildman–Crippen MR) is 197 cm³/mol. The molecule has 3 saturated heterocycles. The van der Waals surface area contributed by atoms with Crippen LogP contribution in [0.5, 0.6) is 0 Å². The van der Waals surface area contributed by atoms with Crippen molar-refractivity contribution in [2.45, 2.75) is 161 Å². The molecular formula is C38H52O26. The molecule has 26 heteroatoms. The monoisotopic (exact) mass is 924 g/mol. The van der Waals surface area contributed by atoms with E-state index in [-0.39, 0.29) is 0 Å². The first-order valence-corrected chi connectivity index (χ1v) is 19.4. The number of aliphatic hydroxyl groups is 1. The van der Waals surface area contributed by atoms with Gasteiger partial charge in [0.1, 0.15) is 50.3 Å². The van der Waals surface area contributed by atoms with E-state index in [1.54, 1.807) is 0 Å². The topological polar surface area (TPSA) is 329 Å². The zero-order valence-electron chi connectivity index (χ0n) is 36.4. The van der Waals surface area contributed by atoms with E-state index in [4.69, 9.17) is 71.1 Å². The molecule has 0 aromatic carbocycles. The summed E-state index contributed by atoms with van der Waals surface area (Å²) < 4.78 is 84.3. The summed E-state index contributed by atoms with van der Waals surface area (Å²) in [6.45, 7) is 7.65. The van der Waals surface area contributed by atoms with Gasteiger partial charge in [-0.3, -0.25) is 47.9 Å². The van der Waals surface area contributed by atoms with E-state index in [1.807, 2.05) is 0 Å². The number of esters is 10. The maximum Gasteiger partial charge on any atom is 0.303 e. The molecule has 26 nitrogen and oxygen atoms in total. The van der Waals surface area contributed by atoms with Gasteiger partial charge in [0.15, 0.2) is 61.6 Å². The quantitative estimate of drug-likeness (QED) is 0.123. The van der Waals surface area contributed by atoms with Gasteiger partial charge in [-0.1, -0.05) is 0 Å². The smallest absolute Gasteiger partial charge is 0.303 e. The summed E-state index contributed by atoms with van der Waals surface area (Å²) in [6, 6.07) is 0. The molecule has 360 valence electrons. The van der Waals surface area contributed by atoms with Crippen LogP contribution in [0.1, 0.15) is 69.2 Å². The van der Waals surface area contributed by atoms with Crippen LogP contribution in [0.2, 0.25) is 0 Å². The molecule has 0 saturated carbocycles. The van der Waals surface area contributed by atoms with Gasteiger partial charge >= 0.3 is 59.7 Å². The standard InChI is InChI=1S/C38H52O26/c1-14(39)50-11-24-27(53-17(4)42)30(33(36(49)60-24)57-21(8)46)63-38-35(59-23(10)48)32(29(55-19(6)44)26(62-38)13-52-16(3)41)64-37-34(58-22(9)47)31(56-20(7)45)28(54-18(5)43)25(61-37)12-51-15(2)40/h24-38,49H,11-13H2,1-10H3/t24?,25-,26?,27?,28-,29?,30?,31+,32?,33?,34-,35?,36?,37?,38?/m1/s1. The lowest BCUT2D eigenvalue weighted by atomic mass is 9.95. The predicted octanol–water partition coefficient (Wildman–Crippen LogP) is -1.86. The molecule has 15 atom stereocenters. The van der Waals surface area contributed by atoms with Crippen LogP contribution in [0.25, 0.3) is 0 Å². The maximum atomic E-state index is 12.9. The Balaban J connectivity index is 2.33. The van der Waals surface area contributed by atoms with Crippen molar-refractivity contribution < 1.29 is 124 Å². The maximum absolute atomic E-state index is 12.9. The fourth-order valence-electron chi connectivity index (χ4n) is 6.77. The zero-order chi connectivity index (χ0) is 48.2. The van der Waals surface area contributed by atoms with Gasteiger partial charge in [-0.05, 0) is 0 Å². The number of hydrogen-bond acceptors (Lipinski definition) is 26. The summed E-state index contributed by atoms with van der Waals surface area (Å²) in [6.07, 6.45) is -27.7. The minimum absolute atomic E-state index is 0.672. The highest BCUT2D eigenvalue weighted by Crippen LogP contribution is 2.38. The lowest BCUT2D eigenvalue weighted by molar-refractivity contribution is -0.380. The summed E-state index contributed by atoms with van der Waals surface area (Å²) in [4.78, 5) is 124. The highest BCUT2D eigenvalue weighted by Gasteiger charge is 2.60. The molecule has 3 aliphatic heterocycles. The fourth-order valence-corrected chi connectivity index (χ4v) is 6.77. The van der Waals surface area contributed by atoms with Crippen molar-refractivity contribution in [3.63, 3.8) is 0 Å². The second kappa shape index (κ2) is 23.9. The Labute approximate surface area is 364 Å². The van der Waals surface area contributed by atoms with E-state index in [0.29, 0.717) is 0 Å².